The molecular weight excluding hydrogens is 240 g/mol. The Labute approximate surface area is 116 Å². The van der Waals surface area contributed by atoms with E-state index < -0.39 is 6.10 Å². The fourth-order valence-corrected chi connectivity index (χ4v) is 3.33. The highest BCUT2D eigenvalue weighted by Gasteiger charge is 2.43. The molecule has 0 aromatic heterocycles. The van der Waals surface area contributed by atoms with Crippen molar-refractivity contribution in [3.8, 4) is 0 Å². The Morgan fingerprint density at radius 3 is 2.74 bits per heavy atom. The predicted molar refractivity (Wildman–Crippen MR) is 75.9 cm³/mol. The summed E-state index contributed by atoms with van der Waals surface area (Å²) in [6, 6.07) is 0.268. The van der Waals surface area contributed by atoms with Crippen molar-refractivity contribution in [2.45, 2.75) is 70.4 Å². The van der Waals surface area contributed by atoms with Crippen molar-refractivity contribution in [3.63, 3.8) is 0 Å². The van der Waals surface area contributed by atoms with Gasteiger partial charge in [-0.15, -0.1) is 0 Å². The van der Waals surface area contributed by atoms with Crippen LogP contribution in [0.3, 0.4) is 0 Å². The van der Waals surface area contributed by atoms with E-state index in [1.807, 2.05) is 6.92 Å². The summed E-state index contributed by atoms with van der Waals surface area (Å²) in [5.74, 6) is 1.55. The zero-order chi connectivity index (χ0) is 13.7. The summed E-state index contributed by atoms with van der Waals surface area (Å²) in [4.78, 5) is 11.7. The van der Waals surface area contributed by atoms with Crippen LogP contribution in [0.2, 0.25) is 0 Å². The summed E-state index contributed by atoms with van der Waals surface area (Å²) < 4.78 is 0. The summed E-state index contributed by atoms with van der Waals surface area (Å²) in [6.07, 6.45) is 9.23. The van der Waals surface area contributed by atoms with E-state index in [1.165, 1.54) is 32.1 Å². The van der Waals surface area contributed by atoms with Crippen molar-refractivity contribution in [2.24, 2.45) is 11.8 Å². The maximum absolute atomic E-state index is 11.7. The third kappa shape index (κ3) is 4.68. The second-order valence-electron chi connectivity index (χ2n) is 6.20. The van der Waals surface area contributed by atoms with Crippen LogP contribution in [0, 0.1) is 11.8 Å². The van der Waals surface area contributed by atoms with Gasteiger partial charge in [-0.05, 0) is 24.7 Å². The van der Waals surface area contributed by atoms with Gasteiger partial charge in [0.05, 0.1) is 6.10 Å². The molecule has 0 radical (unpaired) electrons. The predicted octanol–water partition coefficient (Wildman–Crippen LogP) is 2.42. The van der Waals surface area contributed by atoms with Crippen LogP contribution < -0.4 is 10.6 Å². The van der Waals surface area contributed by atoms with Gasteiger partial charge in [0.2, 0.25) is 0 Å². The molecule has 19 heavy (non-hydrogen) atoms. The van der Waals surface area contributed by atoms with Crippen LogP contribution >= 0.6 is 0 Å². The number of nitrogens with one attached hydrogen (secondary N) is 2. The van der Waals surface area contributed by atoms with Crippen molar-refractivity contribution in [2.75, 3.05) is 6.54 Å². The Bertz CT molecular complexity index is 290. The molecule has 4 nitrogen and oxygen atoms in total. The van der Waals surface area contributed by atoms with Gasteiger partial charge in [0, 0.05) is 12.6 Å². The number of hydrogen-bond donors (Lipinski definition) is 3. The van der Waals surface area contributed by atoms with E-state index in [0.717, 1.165) is 25.2 Å². The first-order chi connectivity index (χ1) is 9.20. The molecule has 0 heterocycles. The molecule has 0 aliphatic heterocycles. The molecule has 2 aliphatic carbocycles. The van der Waals surface area contributed by atoms with E-state index in [0.29, 0.717) is 18.5 Å². The molecule has 2 rings (SSSR count). The van der Waals surface area contributed by atoms with Gasteiger partial charge < -0.3 is 15.7 Å². The van der Waals surface area contributed by atoms with Gasteiger partial charge in [0.25, 0.3) is 0 Å². The molecule has 4 heteroatoms. The van der Waals surface area contributed by atoms with Gasteiger partial charge in [-0.25, -0.2) is 4.79 Å². The summed E-state index contributed by atoms with van der Waals surface area (Å²) in [6.45, 7) is 2.39. The van der Waals surface area contributed by atoms with Crippen LogP contribution in [0.1, 0.15) is 58.3 Å². The van der Waals surface area contributed by atoms with Crippen LogP contribution in [0.5, 0.6) is 0 Å². The molecule has 3 unspecified atom stereocenters. The Hall–Kier alpha value is -0.770. The number of carbonyl (C=O) groups is 1. The molecule has 0 aromatic carbocycles. The fraction of sp³-hybridized carbons (Fsp3) is 0.933. The van der Waals surface area contributed by atoms with Crippen molar-refractivity contribution in [3.05, 3.63) is 0 Å². The molecule has 3 N–H and O–H groups in total. The average molecular weight is 268 g/mol. The standard InChI is InChI=1S/C15H28N2O2/c1-2-6-12(18)10-16-15(19)17-14-9-13(14)11-7-4-3-5-8-11/h11-14,18H,2-10H2,1H3,(H2,16,17,19). The summed E-state index contributed by atoms with van der Waals surface area (Å²) in [5.41, 5.74) is 0. The van der Waals surface area contributed by atoms with Crippen LogP contribution in [0.4, 0.5) is 4.79 Å². The zero-order valence-electron chi connectivity index (χ0n) is 12.0. The number of carbonyl (C=O) groups excluding carboxylic acids is 1. The Balaban J connectivity index is 1.59. The molecule has 2 amide bonds. The smallest absolute Gasteiger partial charge is 0.315 e. The normalized spacial score (nSPS) is 28.7. The van der Waals surface area contributed by atoms with Gasteiger partial charge in [-0.1, -0.05) is 45.4 Å². The molecule has 0 saturated heterocycles. The highest BCUT2D eigenvalue weighted by molar-refractivity contribution is 5.74. The maximum Gasteiger partial charge on any atom is 0.315 e. The minimum atomic E-state index is -0.413. The number of hydrogen-bond acceptors (Lipinski definition) is 2. The number of amides is 2. The minimum Gasteiger partial charge on any atom is -0.391 e. The first kappa shape index (κ1) is 14.6. The number of rotatable bonds is 6. The number of aliphatic hydroxyl groups is 1. The van der Waals surface area contributed by atoms with E-state index in [1.54, 1.807) is 0 Å². The lowest BCUT2D eigenvalue weighted by Crippen LogP contribution is -2.41. The lowest BCUT2D eigenvalue weighted by Gasteiger charge is -2.21. The third-order valence-corrected chi connectivity index (χ3v) is 4.53. The van der Waals surface area contributed by atoms with E-state index in [2.05, 4.69) is 10.6 Å². The van der Waals surface area contributed by atoms with E-state index in [9.17, 15) is 9.90 Å². The quantitative estimate of drug-likeness (QED) is 0.693. The van der Waals surface area contributed by atoms with Crippen LogP contribution in [-0.2, 0) is 0 Å². The largest absolute Gasteiger partial charge is 0.391 e. The second kappa shape index (κ2) is 7.13. The van der Waals surface area contributed by atoms with Gasteiger partial charge in [0.15, 0.2) is 0 Å². The van der Waals surface area contributed by atoms with Gasteiger partial charge >= 0.3 is 6.03 Å². The lowest BCUT2D eigenvalue weighted by molar-refractivity contribution is 0.160. The van der Waals surface area contributed by atoms with Gasteiger partial charge in [-0.2, -0.15) is 0 Å². The lowest BCUT2D eigenvalue weighted by atomic mass is 9.85. The van der Waals surface area contributed by atoms with Crippen molar-refractivity contribution >= 4 is 6.03 Å². The molecule has 0 bridgehead atoms. The number of aliphatic hydroxyl groups excluding tert-OH is 1. The van der Waals surface area contributed by atoms with Crippen LogP contribution in [0.15, 0.2) is 0 Å². The maximum atomic E-state index is 11.7. The molecular formula is C15H28N2O2. The van der Waals surface area contributed by atoms with E-state index in [-0.39, 0.29) is 6.03 Å². The monoisotopic (exact) mass is 268 g/mol. The van der Waals surface area contributed by atoms with Gasteiger partial charge in [0.1, 0.15) is 0 Å². The molecule has 2 saturated carbocycles. The Kier molecular flexibility index (Phi) is 5.49. The minimum absolute atomic E-state index is 0.113. The average Bonchev–Trinajstić information content (AvgIpc) is 3.17. The van der Waals surface area contributed by atoms with Crippen molar-refractivity contribution in [1.82, 2.24) is 10.6 Å². The zero-order valence-corrected chi connectivity index (χ0v) is 12.0. The van der Waals surface area contributed by atoms with Crippen LogP contribution in [0.25, 0.3) is 0 Å². The topological polar surface area (TPSA) is 61.4 Å². The van der Waals surface area contributed by atoms with E-state index in [4.69, 9.17) is 0 Å². The highest BCUT2D eigenvalue weighted by Crippen LogP contribution is 2.44. The molecule has 110 valence electrons. The summed E-state index contributed by atoms with van der Waals surface area (Å²) in [7, 11) is 0. The summed E-state index contributed by atoms with van der Waals surface area (Å²) >= 11 is 0. The summed E-state index contributed by atoms with van der Waals surface area (Å²) in [5, 5.41) is 15.4. The van der Waals surface area contributed by atoms with E-state index >= 15 is 0 Å². The second-order valence-corrected chi connectivity index (χ2v) is 6.20. The van der Waals surface area contributed by atoms with Crippen molar-refractivity contribution in [1.29, 1.82) is 0 Å². The SMILES string of the molecule is CCCC(O)CNC(=O)NC1CC1C1CCCCC1. The molecule has 2 aliphatic rings. The number of urea groups is 1. The Morgan fingerprint density at radius 1 is 1.32 bits per heavy atom. The molecule has 0 aromatic rings. The van der Waals surface area contributed by atoms with Crippen molar-refractivity contribution < 1.29 is 9.90 Å². The molecule has 2 fully saturated rings. The third-order valence-electron chi connectivity index (χ3n) is 4.53. The highest BCUT2D eigenvalue weighted by atomic mass is 16.3. The van der Waals surface area contributed by atoms with Crippen LogP contribution in [-0.4, -0.2) is 29.8 Å². The first-order valence-corrected chi connectivity index (χ1v) is 7.93. The fourth-order valence-electron chi connectivity index (χ4n) is 3.33. The molecule has 3 atom stereocenters. The Morgan fingerprint density at radius 2 is 2.05 bits per heavy atom. The van der Waals surface area contributed by atoms with Gasteiger partial charge in [-0.3, -0.25) is 0 Å². The first-order valence-electron chi connectivity index (χ1n) is 7.93. The molecule has 0 spiro atoms.